The van der Waals surface area contributed by atoms with E-state index in [2.05, 4.69) is 26.1 Å². The SMILES string of the molecule is Cc1nn(C(C)(C)C)c2nc(C3CC3)cc(C(=O)NCC(N)C3CC3)c12. The quantitative estimate of drug-likeness (QED) is 0.863. The Morgan fingerprint density at radius 3 is 2.62 bits per heavy atom. The monoisotopic (exact) mass is 355 g/mol. The number of nitrogens with one attached hydrogen (secondary N) is 1. The van der Waals surface area contributed by atoms with Crippen molar-refractivity contribution < 1.29 is 4.79 Å². The summed E-state index contributed by atoms with van der Waals surface area (Å²) >= 11 is 0. The molecule has 2 fully saturated rings. The summed E-state index contributed by atoms with van der Waals surface area (Å²) in [5.41, 5.74) is 9.33. The molecule has 2 saturated carbocycles. The van der Waals surface area contributed by atoms with E-state index in [1.807, 2.05) is 17.7 Å². The van der Waals surface area contributed by atoms with Crippen LogP contribution in [0.3, 0.4) is 0 Å². The highest BCUT2D eigenvalue weighted by atomic mass is 16.1. The molecule has 6 heteroatoms. The molecule has 26 heavy (non-hydrogen) atoms. The molecule has 0 spiro atoms. The summed E-state index contributed by atoms with van der Waals surface area (Å²) in [6.45, 7) is 8.81. The maximum atomic E-state index is 13.0. The van der Waals surface area contributed by atoms with Gasteiger partial charge in [0.2, 0.25) is 0 Å². The number of hydrogen-bond donors (Lipinski definition) is 2. The van der Waals surface area contributed by atoms with Crippen molar-refractivity contribution in [3.63, 3.8) is 0 Å². The first-order chi connectivity index (χ1) is 12.3. The van der Waals surface area contributed by atoms with Crippen molar-refractivity contribution in [3.8, 4) is 0 Å². The number of amides is 1. The van der Waals surface area contributed by atoms with E-state index in [1.54, 1.807) is 0 Å². The van der Waals surface area contributed by atoms with Gasteiger partial charge >= 0.3 is 0 Å². The summed E-state index contributed by atoms with van der Waals surface area (Å²) in [4.78, 5) is 17.9. The van der Waals surface area contributed by atoms with Gasteiger partial charge in [-0.3, -0.25) is 4.79 Å². The molecule has 2 aromatic rings. The molecule has 6 nitrogen and oxygen atoms in total. The molecule has 0 aromatic carbocycles. The van der Waals surface area contributed by atoms with Gasteiger partial charge in [-0.1, -0.05) is 0 Å². The standard InChI is InChI=1S/C20H29N5O/c1-11-17-14(19(26)22-10-15(21)12-5-6-12)9-16(13-7-8-13)23-18(17)25(24-11)20(2,3)4/h9,12-13,15H,5-8,10,21H2,1-4H3,(H,22,26). The molecule has 0 aliphatic heterocycles. The van der Waals surface area contributed by atoms with Gasteiger partial charge in [-0.15, -0.1) is 0 Å². The molecule has 0 bridgehead atoms. The highest BCUT2D eigenvalue weighted by Gasteiger charge is 2.31. The van der Waals surface area contributed by atoms with Gasteiger partial charge in [-0.25, -0.2) is 9.67 Å². The Labute approximate surface area is 154 Å². The maximum absolute atomic E-state index is 13.0. The van der Waals surface area contributed by atoms with E-state index in [0.29, 0.717) is 23.9 Å². The smallest absolute Gasteiger partial charge is 0.252 e. The van der Waals surface area contributed by atoms with Crippen LogP contribution in [0.2, 0.25) is 0 Å². The Kier molecular flexibility index (Phi) is 4.06. The number of rotatable bonds is 5. The lowest BCUT2D eigenvalue weighted by molar-refractivity contribution is 0.0951. The number of aromatic nitrogens is 3. The first-order valence-corrected chi connectivity index (χ1v) is 9.70. The third-order valence-corrected chi connectivity index (χ3v) is 5.43. The lowest BCUT2D eigenvalue weighted by atomic mass is 10.1. The lowest BCUT2D eigenvalue weighted by Gasteiger charge is -2.20. The zero-order valence-electron chi connectivity index (χ0n) is 16.2. The molecule has 3 N–H and O–H groups in total. The van der Waals surface area contributed by atoms with Gasteiger partial charge in [0.1, 0.15) is 0 Å². The fourth-order valence-electron chi connectivity index (χ4n) is 3.54. The van der Waals surface area contributed by atoms with Crippen LogP contribution in [0.5, 0.6) is 0 Å². The predicted octanol–water partition coefficient (Wildman–Crippen LogP) is 2.84. The second-order valence-electron chi connectivity index (χ2n) is 8.95. The van der Waals surface area contributed by atoms with E-state index in [4.69, 9.17) is 15.8 Å². The van der Waals surface area contributed by atoms with Crippen molar-refractivity contribution in [1.82, 2.24) is 20.1 Å². The minimum atomic E-state index is -0.191. The summed E-state index contributed by atoms with van der Waals surface area (Å²) in [5.74, 6) is 0.982. The third kappa shape index (κ3) is 3.22. The Morgan fingerprint density at radius 1 is 1.35 bits per heavy atom. The summed E-state index contributed by atoms with van der Waals surface area (Å²) in [5, 5.41) is 8.62. The minimum absolute atomic E-state index is 0.0533. The van der Waals surface area contributed by atoms with E-state index in [0.717, 1.165) is 35.3 Å². The topological polar surface area (TPSA) is 85.8 Å². The number of pyridine rings is 1. The molecule has 2 heterocycles. The van der Waals surface area contributed by atoms with Crippen LogP contribution in [0.1, 0.15) is 74.1 Å². The zero-order chi connectivity index (χ0) is 18.6. The van der Waals surface area contributed by atoms with Crippen LogP contribution in [0, 0.1) is 12.8 Å². The van der Waals surface area contributed by atoms with E-state index in [9.17, 15) is 4.79 Å². The molecule has 2 aliphatic carbocycles. The fourth-order valence-corrected chi connectivity index (χ4v) is 3.54. The number of hydrogen-bond acceptors (Lipinski definition) is 4. The molecule has 1 unspecified atom stereocenters. The number of carbonyl (C=O) groups is 1. The van der Waals surface area contributed by atoms with Gasteiger partial charge in [-0.2, -0.15) is 5.10 Å². The van der Waals surface area contributed by atoms with Gasteiger partial charge in [0.25, 0.3) is 5.91 Å². The molecule has 1 atom stereocenters. The zero-order valence-corrected chi connectivity index (χ0v) is 16.2. The van der Waals surface area contributed by atoms with Crippen molar-refractivity contribution in [1.29, 1.82) is 0 Å². The normalized spacial score (nSPS) is 19.0. The van der Waals surface area contributed by atoms with Gasteiger partial charge < -0.3 is 11.1 Å². The van der Waals surface area contributed by atoms with E-state index in [1.165, 1.54) is 12.8 Å². The van der Waals surface area contributed by atoms with Gasteiger partial charge in [0, 0.05) is 24.2 Å². The van der Waals surface area contributed by atoms with Gasteiger partial charge in [0.05, 0.1) is 22.2 Å². The minimum Gasteiger partial charge on any atom is -0.350 e. The van der Waals surface area contributed by atoms with E-state index in [-0.39, 0.29) is 17.5 Å². The first kappa shape index (κ1) is 17.5. The lowest BCUT2D eigenvalue weighted by Crippen LogP contribution is -2.38. The fraction of sp³-hybridized carbons (Fsp3) is 0.650. The second-order valence-corrected chi connectivity index (χ2v) is 8.95. The van der Waals surface area contributed by atoms with Gasteiger partial charge in [-0.05, 0) is 65.4 Å². The van der Waals surface area contributed by atoms with Crippen molar-refractivity contribution in [2.24, 2.45) is 11.7 Å². The summed E-state index contributed by atoms with van der Waals surface area (Å²) in [7, 11) is 0. The highest BCUT2D eigenvalue weighted by molar-refractivity contribution is 6.06. The number of nitrogens with zero attached hydrogens (tertiary/aromatic N) is 3. The highest BCUT2D eigenvalue weighted by Crippen LogP contribution is 2.41. The largest absolute Gasteiger partial charge is 0.350 e. The summed E-state index contributed by atoms with van der Waals surface area (Å²) in [6, 6.07) is 2.03. The van der Waals surface area contributed by atoms with Crippen molar-refractivity contribution in [2.45, 2.75) is 70.9 Å². The third-order valence-electron chi connectivity index (χ3n) is 5.43. The first-order valence-electron chi connectivity index (χ1n) is 9.70. The van der Waals surface area contributed by atoms with Crippen molar-refractivity contribution >= 4 is 16.9 Å². The molecule has 4 rings (SSSR count). The van der Waals surface area contributed by atoms with Crippen LogP contribution >= 0.6 is 0 Å². The van der Waals surface area contributed by atoms with Crippen LogP contribution in [0.15, 0.2) is 6.07 Å². The summed E-state index contributed by atoms with van der Waals surface area (Å²) in [6.07, 6.45) is 4.66. The van der Waals surface area contributed by atoms with E-state index < -0.39 is 0 Å². The van der Waals surface area contributed by atoms with Crippen molar-refractivity contribution in [2.75, 3.05) is 6.54 Å². The molecule has 140 valence electrons. The Balaban J connectivity index is 1.74. The van der Waals surface area contributed by atoms with Crippen LogP contribution in [0.25, 0.3) is 11.0 Å². The molecule has 1 amide bonds. The maximum Gasteiger partial charge on any atom is 0.252 e. The van der Waals surface area contributed by atoms with Crippen LogP contribution in [-0.2, 0) is 5.54 Å². The number of aryl methyl sites for hydroxylation is 1. The predicted molar refractivity (Wildman–Crippen MR) is 102 cm³/mol. The van der Waals surface area contributed by atoms with Gasteiger partial charge in [0.15, 0.2) is 5.65 Å². The van der Waals surface area contributed by atoms with Crippen LogP contribution < -0.4 is 11.1 Å². The van der Waals surface area contributed by atoms with Crippen LogP contribution in [-0.4, -0.2) is 33.3 Å². The van der Waals surface area contributed by atoms with E-state index >= 15 is 0 Å². The average Bonchev–Trinajstić information content (AvgIpc) is 3.47. The van der Waals surface area contributed by atoms with Crippen LogP contribution in [0.4, 0.5) is 0 Å². The Hall–Kier alpha value is -1.95. The Morgan fingerprint density at radius 2 is 2.04 bits per heavy atom. The molecular formula is C20H29N5O. The Bertz CT molecular complexity index is 855. The number of nitrogens with two attached hydrogens (primary N) is 1. The molecular weight excluding hydrogens is 326 g/mol. The second kappa shape index (κ2) is 6.05. The molecule has 2 aromatic heterocycles. The average molecular weight is 355 g/mol. The molecule has 2 aliphatic rings. The number of carbonyl (C=O) groups excluding carboxylic acids is 1. The molecule has 0 saturated heterocycles. The summed E-state index contributed by atoms with van der Waals surface area (Å²) < 4.78 is 1.95. The molecule has 0 radical (unpaired) electrons. The van der Waals surface area contributed by atoms with Crippen molar-refractivity contribution in [3.05, 3.63) is 23.0 Å². The number of fused-ring (bicyclic) bond motifs is 1.